The van der Waals surface area contributed by atoms with Crippen LogP contribution in [0.3, 0.4) is 0 Å². The number of nitrogens with zero attached hydrogens (tertiary/aromatic N) is 1. The van der Waals surface area contributed by atoms with Gasteiger partial charge in [0, 0.05) is 11.7 Å². The van der Waals surface area contributed by atoms with Gasteiger partial charge in [-0.3, -0.25) is 4.98 Å². The summed E-state index contributed by atoms with van der Waals surface area (Å²) in [6.45, 7) is 4.09. The summed E-state index contributed by atoms with van der Waals surface area (Å²) in [5, 5.41) is 3.61. The van der Waals surface area contributed by atoms with Crippen molar-refractivity contribution in [3.8, 4) is 5.75 Å². The fourth-order valence-corrected chi connectivity index (χ4v) is 2.94. The van der Waals surface area contributed by atoms with Crippen molar-refractivity contribution >= 4 is 5.69 Å². The maximum Gasteiger partial charge on any atom is 0.118 e. The summed E-state index contributed by atoms with van der Waals surface area (Å²) in [5.41, 5.74) is 4.73. The Hall–Kier alpha value is -2.03. The lowest BCUT2D eigenvalue weighted by atomic mass is 9.76. The minimum Gasteiger partial charge on any atom is -0.497 e. The first kappa shape index (κ1) is 13.9. The highest BCUT2D eigenvalue weighted by atomic mass is 16.5. The zero-order valence-electron chi connectivity index (χ0n) is 12.9. The molecule has 1 saturated carbocycles. The third kappa shape index (κ3) is 3.02. The Morgan fingerprint density at radius 3 is 2.38 bits per heavy atom. The van der Waals surface area contributed by atoms with Crippen LogP contribution in [0, 0.1) is 13.8 Å². The zero-order chi connectivity index (χ0) is 14.8. The van der Waals surface area contributed by atoms with E-state index >= 15 is 0 Å². The van der Waals surface area contributed by atoms with Crippen LogP contribution >= 0.6 is 0 Å². The van der Waals surface area contributed by atoms with Gasteiger partial charge in [0.2, 0.25) is 0 Å². The van der Waals surface area contributed by atoms with Crippen LogP contribution in [0.5, 0.6) is 5.75 Å². The Balaban J connectivity index is 1.57. The third-order valence-corrected chi connectivity index (χ3v) is 4.31. The van der Waals surface area contributed by atoms with Crippen LogP contribution in [0.15, 0.2) is 36.4 Å². The van der Waals surface area contributed by atoms with Gasteiger partial charge in [-0.15, -0.1) is 0 Å². The molecule has 110 valence electrons. The van der Waals surface area contributed by atoms with Crippen molar-refractivity contribution < 1.29 is 4.74 Å². The molecule has 0 saturated heterocycles. The monoisotopic (exact) mass is 282 g/mol. The average Bonchev–Trinajstić information content (AvgIpc) is 2.44. The van der Waals surface area contributed by atoms with E-state index in [-0.39, 0.29) is 0 Å². The summed E-state index contributed by atoms with van der Waals surface area (Å²) in [5.74, 6) is 1.58. The largest absolute Gasteiger partial charge is 0.497 e. The van der Waals surface area contributed by atoms with Crippen LogP contribution in [-0.2, 0) is 0 Å². The number of anilines is 1. The minimum absolute atomic E-state index is 0.556. The molecule has 0 spiro atoms. The fraction of sp³-hybridized carbons (Fsp3) is 0.389. The van der Waals surface area contributed by atoms with Gasteiger partial charge < -0.3 is 10.1 Å². The second kappa shape index (κ2) is 5.76. The lowest BCUT2D eigenvalue weighted by molar-refractivity contribution is 0.373. The van der Waals surface area contributed by atoms with Crippen molar-refractivity contribution in [1.29, 1.82) is 0 Å². The molecule has 1 aromatic heterocycles. The SMILES string of the molecule is COc1ccc(C2CC(Nc3ccc(C)nc3C)C2)cc1. The van der Waals surface area contributed by atoms with E-state index in [2.05, 4.69) is 41.5 Å². The van der Waals surface area contributed by atoms with Crippen LogP contribution in [0.2, 0.25) is 0 Å². The van der Waals surface area contributed by atoms with E-state index in [0.717, 1.165) is 17.1 Å². The molecule has 3 nitrogen and oxygen atoms in total. The molecule has 0 atom stereocenters. The number of rotatable bonds is 4. The van der Waals surface area contributed by atoms with Crippen LogP contribution in [0.1, 0.15) is 35.7 Å². The first-order valence-electron chi connectivity index (χ1n) is 7.50. The lowest BCUT2D eigenvalue weighted by Crippen LogP contribution is -2.34. The van der Waals surface area contributed by atoms with Crippen LogP contribution in [-0.4, -0.2) is 18.1 Å². The van der Waals surface area contributed by atoms with Gasteiger partial charge in [0.05, 0.1) is 18.5 Å². The summed E-state index contributed by atoms with van der Waals surface area (Å²) in [6.07, 6.45) is 2.36. The quantitative estimate of drug-likeness (QED) is 0.918. The van der Waals surface area contributed by atoms with Gasteiger partial charge in [-0.1, -0.05) is 12.1 Å². The average molecular weight is 282 g/mol. The molecule has 1 aromatic carbocycles. The Kier molecular flexibility index (Phi) is 3.82. The van der Waals surface area contributed by atoms with Gasteiger partial charge in [-0.25, -0.2) is 0 Å². The highest BCUT2D eigenvalue weighted by molar-refractivity contribution is 5.49. The number of hydrogen-bond donors (Lipinski definition) is 1. The summed E-state index contributed by atoms with van der Waals surface area (Å²) in [4.78, 5) is 4.50. The predicted octanol–water partition coefficient (Wildman–Crippen LogP) is 4.07. The molecule has 1 aliphatic carbocycles. The number of ether oxygens (including phenoxy) is 1. The summed E-state index contributed by atoms with van der Waals surface area (Å²) < 4.78 is 5.20. The molecule has 0 radical (unpaired) electrons. The number of pyridine rings is 1. The molecule has 1 aliphatic rings. The highest BCUT2D eigenvalue weighted by Gasteiger charge is 2.30. The van der Waals surface area contributed by atoms with Crippen molar-refractivity contribution in [2.75, 3.05) is 12.4 Å². The van der Waals surface area contributed by atoms with Gasteiger partial charge in [0.25, 0.3) is 0 Å². The molecular formula is C18H22N2O. The molecule has 0 unspecified atom stereocenters. The maximum atomic E-state index is 5.20. The maximum absolute atomic E-state index is 5.20. The van der Waals surface area contributed by atoms with Crippen molar-refractivity contribution in [1.82, 2.24) is 4.98 Å². The Labute approximate surface area is 126 Å². The third-order valence-electron chi connectivity index (χ3n) is 4.31. The van der Waals surface area contributed by atoms with E-state index < -0.39 is 0 Å². The number of hydrogen-bond acceptors (Lipinski definition) is 3. The molecule has 3 heteroatoms. The van der Waals surface area contributed by atoms with Gasteiger partial charge in [0.1, 0.15) is 5.75 Å². The van der Waals surface area contributed by atoms with E-state index in [1.165, 1.54) is 24.1 Å². The fourth-order valence-electron chi connectivity index (χ4n) is 2.94. The van der Waals surface area contributed by atoms with Crippen LogP contribution < -0.4 is 10.1 Å². The molecule has 1 heterocycles. The summed E-state index contributed by atoms with van der Waals surface area (Å²) in [6, 6.07) is 13.2. The van der Waals surface area contributed by atoms with Crippen molar-refractivity contribution in [2.24, 2.45) is 0 Å². The Bertz CT molecular complexity index is 616. The second-order valence-corrected chi connectivity index (χ2v) is 5.87. The van der Waals surface area contributed by atoms with E-state index in [1.54, 1.807) is 7.11 Å². The number of benzene rings is 1. The smallest absolute Gasteiger partial charge is 0.118 e. The Morgan fingerprint density at radius 1 is 1.05 bits per heavy atom. The van der Waals surface area contributed by atoms with Crippen LogP contribution in [0.4, 0.5) is 5.69 Å². The molecule has 1 fully saturated rings. The standard InChI is InChI=1S/C18H22N2O/c1-12-4-9-18(13(2)19-12)20-16-10-15(11-16)14-5-7-17(21-3)8-6-14/h4-9,15-16,20H,10-11H2,1-3H3. The molecule has 0 aliphatic heterocycles. The normalized spacial score (nSPS) is 20.7. The molecule has 3 rings (SSSR count). The predicted molar refractivity (Wildman–Crippen MR) is 86.1 cm³/mol. The first-order chi connectivity index (χ1) is 10.2. The van der Waals surface area contributed by atoms with E-state index in [0.29, 0.717) is 12.0 Å². The first-order valence-corrected chi connectivity index (χ1v) is 7.50. The molecule has 21 heavy (non-hydrogen) atoms. The molecule has 0 bridgehead atoms. The molecule has 2 aromatic rings. The van der Waals surface area contributed by atoms with Crippen LogP contribution in [0.25, 0.3) is 0 Å². The topological polar surface area (TPSA) is 34.1 Å². The van der Waals surface area contributed by atoms with Gasteiger partial charge >= 0.3 is 0 Å². The molecular weight excluding hydrogens is 260 g/mol. The van der Waals surface area contributed by atoms with Gasteiger partial charge in [0.15, 0.2) is 0 Å². The number of aryl methyl sites for hydroxylation is 2. The van der Waals surface area contributed by atoms with Crippen molar-refractivity contribution in [3.05, 3.63) is 53.3 Å². The highest BCUT2D eigenvalue weighted by Crippen LogP contribution is 2.39. The second-order valence-electron chi connectivity index (χ2n) is 5.87. The van der Waals surface area contributed by atoms with E-state index in [1.807, 2.05) is 19.1 Å². The zero-order valence-corrected chi connectivity index (χ0v) is 12.9. The summed E-state index contributed by atoms with van der Waals surface area (Å²) in [7, 11) is 1.70. The number of aromatic nitrogens is 1. The van der Waals surface area contributed by atoms with Crippen molar-refractivity contribution in [2.45, 2.75) is 38.6 Å². The number of methoxy groups -OCH3 is 1. The van der Waals surface area contributed by atoms with Gasteiger partial charge in [-0.05, 0) is 62.4 Å². The number of nitrogens with one attached hydrogen (secondary N) is 1. The molecule has 0 amide bonds. The minimum atomic E-state index is 0.556. The van der Waals surface area contributed by atoms with E-state index in [9.17, 15) is 0 Å². The van der Waals surface area contributed by atoms with E-state index in [4.69, 9.17) is 4.74 Å². The molecule has 1 N–H and O–H groups in total. The summed E-state index contributed by atoms with van der Waals surface area (Å²) >= 11 is 0. The lowest BCUT2D eigenvalue weighted by Gasteiger charge is -2.37. The van der Waals surface area contributed by atoms with Crippen molar-refractivity contribution in [3.63, 3.8) is 0 Å². The Morgan fingerprint density at radius 2 is 1.76 bits per heavy atom. The van der Waals surface area contributed by atoms with Gasteiger partial charge in [-0.2, -0.15) is 0 Å².